The number of carbonyl (C=O) groups is 1. The maximum atomic E-state index is 11.0. The summed E-state index contributed by atoms with van der Waals surface area (Å²) in [7, 11) is 0. The quantitative estimate of drug-likeness (QED) is 0.283. The van der Waals surface area contributed by atoms with Gasteiger partial charge in [-0.2, -0.15) is 10.5 Å². The van der Waals surface area contributed by atoms with Crippen molar-refractivity contribution in [2.24, 2.45) is 4.99 Å². The van der Waals surface area contributed by atoms with Gasteiger partial charge in [0, 0.05) is 5.56 Å². The largest absolute Gasteiger partial charge is 0.486 e. The number of fused-ring (bicyclic) bond motifs is 1. The van der Waals surface area contributed by atoms with Gasteiger partial charge in [-0.25, -0.2) is 14.8 Å². The van der Waals surface area contributed by atoms with Crippen LogP contribution in [0.3, 0.4) is 0 Å². The average molecular weight is 444 g/mol. The number of hydrogen-bond donors (Lipinski definition) is 5. The Morgan fingerprint density at radius 2 is 2.12 bits per heavy atom. The van der Waals surface area contributed by atoms with E-state index in [0.717, 1.165) is 0 Å². The Bertz CT molecular complexity index is 1370. The van der Waals surface area contributed by atoms with Gasteiger partial charge in [0.15, 0.2) is 6.19 Å². The molecule has 1 aliphatic heterocycles. The Morgan fingerprint density at radius 3 is 2.82 bits per heavy atom. The highest BCUT2D eigenvalue weighted by Crippen LogP contribution is 2.41. The minimum absolute atomic E-state index is 0.00283. The predicted octanol–water partition coefficient (Wildman–Crippen LogP) is 1.93. The van der Waals surface area contributed by atoms with Crippen LogP contribution in [-0.2, 0) is 6.61 Å². The monoisotopic (exact) mass is 444 g/mol. The first-order valence-electron chi connectivity index (χ1n) is 9.45. The summed E-state index contributed by atoms with van der Waals surface area (Å²) in [6.07, 6.45) is 1.79. The van der Waals surface area contributed by atoms with E-state index in [1.807, 2.05) is 6.07 Å². The minimum atomic E-state index is -1.17. The molecule has 1 aromatic carbocycles. The fourth-order valence-electron chi connectivity index (χ4n) is 3.32. The second-order valence-electron chi connectivity index (χ2n) is 6.83. The van der Waals surface area contributed by atoms with Crippen molar-refractivity contribution in [3.8, 4) is 18.0 Å². The smallest absolute Gasteiger partial charge is 0.371 e. The van der Waals surface area contributed by atoms with Crippen LogP contribution in [0.1, 0.15) is 39.0 Å². The van der Waals surface area contributed by atoms with Crippen molar-refractivity contribution in [3.63, 3.8) is 0 Å². The Kier molecular flexibility index (Phi) is 5.41. The number of guanidine groups is 1. The molecule has 164 valence electrons. The average Bonchev–Trinajstić information content (AvgIpc) is 3.27. The topological polar surface area (TPSA) is 209 Å². The zero-order chi connectivity index (χ0) is 23.5. The van der Waals surface area contributed by atoms with E-state index in [2.05, 4.69) is 20.6 Å². The van der Waals surface area contributed by atoms with Crippen LogP contribution in [0.25, 0.3) is 0 Å². The molecule has 0 bridgehead atoms. The number of rotatable bonds is 5. The molecule has 0 amide bonds. The lowest BCUT2D eigenvalue weighted by molar-refractivity contribution is 0.0658. The van der Waals surface area contributed by atoms with E-state index in [1.54, 1.807) is 30.5 Å². The molecule has 0 spiro atoms. The summed E-state index contributed by atoms with van der Waals surface area (Å²) in [6, 6.07) is 11.0. The van der Waals surface area contributed by atoms with Crippen LogP contribution >= 0.6 is 0 Å². The number of carboxylic acid groups (broad SMARTS) is 1. The minimum Gasteiger partial charge on any atom is -0.486 e. The SMILES string of the molecule is N#CNC1=NC(c2cccc(OCc3ccc(C(=O)O)o3)c2)c2c(nc(N)c(C#N)c2N)N1. The first-order chi connectivity index (χ1) is 15.9. The summed E-state index contributed by atoms with van der Waals surface area (Å²) in [5.41, 5.74) is 13.3. The second kappa shape index (κ2) is 8.49. The van der Waals surface area contributed by atoms with E-state index in [0.29, 0.717) is 22.6 Å². The molecule has 12 nitrogen and oxygen atoms in total. The van der Waals surface area contributed by atoms with E-state index < -0.39 is 12.0 Å². The standard InChI is InChI=1S/C21H16N8O4/c22-7-13-16(24)15-17(27-21(26-9-23)29-19(15)28-18(13)25)10-2-1-3-11(6-10)32-8-12-4-5-14(33-12)20(30)31/h1-6,17H,8H2,(H,30,31)(H6,24,25,26,27,28,29). The van der Waals surface area contributed by atoms with Crippen molar-refractivity contribution < 1.29 is 19.1 Å². The zero-order valence-electron chi connectivity index (χ0n) is 16.9. The molecule has 0 saturated carbocycles. The molecule has 12 heteroatoms. The number of nitrogens with two attached hydrogens (primary N) is 2. The van der Waals surface area contributed by atoms with E-state index in [4.69, 9.17) is 31.0 Å². The molecule has 4 rings (SSSR count). The molecule has 0 aliphatic carbocycles. The number of nitrogen functional groups attached to an aromatic ring is 2. The fourth-order valence-corrected chi connectivity index (χ4v) is 3.32. The Balaban J connectivity index is 1.68. The third-order valence-corrected chi connectivity index (χ3v) is 4.78. The van der Waals surface area contributed by atoms with E-state index in [-0.39, 0.29) is 41.2 Å². The van der Waals surface area contributed by atoms with Crippen LogP contribution in [0, 0.1) is 22.8 Å². The van der Waals surface area contributed by atoms with Gasteiger partial charge in [0.25, 0.3) is 0 Å². The fraction of sp³-hybridized carbons (Fsp3) is 0.0952. The summed E-state index contributed by atoms with van der Waals surface area (Å²) in [6.45, 7) is 0.00283. The molecular formula is C21H16N8O4. The predicted molar refractivity (Wildman–Crippen MR) is 116 cm³/mol. The maximum absolute atomic E-state index is 11.0. The summed E-state index contributed by atoms with van der Waals surface area (Å²) < 4.78 is 10.9. The Morgan fingerprint density at radius 1 is 1.30 bits per heavy atom. The molecule has 3 aromatic rings. The highest BCUT2D eigenvalue weighted by molar-refractivity contribution is 5.98. The molecule has 0 fully saturated rings. The highest BCUT2D eigenvalue weighted by atomic mass is 16.5. The lowest BCUT2D eigenvalue weighted by atomic mass is 9.95. The molecule has 1 unspecified atom stereocenters. The number of furan rings is 1. The number of aromatic nitrogens is 1. The number of ether oxygens (including phenoxy) is 1. The maximum Gasteiger partial charge on any atom is 0.371 e. The number of nitriles is 2. The highest BCUT2D eigenvalue weighted by Gasteiger charge is 2.29. The second-order valence-corrected chi connectivity index (χ2v) is 6.83. The number of nitrogens with zero attached hydrogens (tertiary/aromatic N) is 4. The number of pyridine rings is 1. The van der Waals surface area contributed by atoms with Gasteiger partial charge < -0.3 is 31.0 Å². The van der Waals surface area contributed by atoms with Gasteiger partial charge in [-0.05, 0) is 29.8 Å². The Hall–Kier alpha value is -5.23. The lowest BCUT2D eigenvalue weighted by Crippen LogP contribution is -2.32. The van der Waals surface area contributed by atoms with Gasteiger partial charge in [-0.15, -0.1) is 0 Å². The molecule has 2 aromatic heterocycles. The van der Waals surface area contributed by atoms with Crippen LogP contribution in [0.2, 0.25) is 0 Å². The number of benzene rings is 1. The van der Waals surface area contributed by atoms with E-state index in [9.17, 15) is 10.1 Å². The van der Waals surface area contributed by atoms with Gasteiger partial charge in [0.1, 0.15) is 47.4 Å². The molecule has 7 N–H and O–H groups in total. The molecule has 0 radical (unpaired) electrons. The summed E-state index contributed by atoms with van der Waals surface area (Å²) >= 11 is 0. The normalized spacial score (nSPS) is 14.1. The van der Waals surface area contributed by atoms with Crippen LogP contribution in [0.15, 0.2) is 45.8 Å². The number of nitrogens with one attached hydrogen (secondary N) is 2. The van der Waals surface area contributed by atoms with Crippen LogP contribution < -0.4 is 26.8 Å². The van der Waals surface area contributed by atoms with Gasteiger partial charge in [0.05, 0.1) is 5.69 Å². The van der Waals surface area contributed by atoms with Crippen LogP contribution in [0.4, 0.5) is 17.3 Å². The van der Waals surface area contributed by atoms with Gasteiger partial charge in [-0.1, -0.05) is 12.1 Å². The van der Waals surface area contributed by atoms with Crippen molar-refractivity contribution in [1.82, 2.24) is 10.3 Å². The summed E-state index contributed by atoms with van der Waals surface area (Å²) in [5, 5.41) is 32.7. The van der Waals surface area contributed by atoms with Crippen molar-refractivity contribution in [1.29, 1.82) is 10.5 Å². The third kappa shape index (κ3) is 4.04. The molecule has 0 saturated heterocycles. The first-order valence-corrected chi connectivity index (χ1v) is 9.45. The lowest BCUT2D eigenvalue weighted by Gasteiger charge is -2.26. The number of hydrogen-bond acceptors (Lipinski definition) is 11. The Labute approximate surface area is 186 Å². The van der Waals surface area contributed by atoms with Crippen molar-refractivity contribution in [2.45, 2.75) is 12.6 Å². The van der Waals surface area contributed by atoms with E-state index >= 15 is 0 Å². The number of aliphatic imine (C=N–C) groups is 1. The van der Waals surface area contributed by atoms with Crippen molar-refractivity contribution >= 4 is 29.3 Å². The van der Waals surface area contributed by atoms with Crippen molar-refractivity contribution in [2.75, 3.05) is 16.8 Å². The van der Waals surface area contributed by atoms with Crippen molar-refractivity contribution in [3.05, 3.63) is 64.6 Å². The first kappa shape index (κ1) is 21.0. The summed E-state index contributed by atoms with van der Waals surface area (Å²) in [5.74, 6) is -0.208. The van der Waals surface area contributed by atoms with E-state index in [1.165, 1.54) is 12.1 Å². The van der Waals surface area contributed by atoms with Gasteiger partial charge >= 0.3 is 5.97 Å². The number of anilines is 3. The number of carboxylic acids is 1. The molecule has 1 aliphatic rings. The summed E-state index contributed by atoms with van der Waals surface area (Å²) in [4.78, 5) is 19.7. The zero-order valence-corrected chi connectivity index (χ0v) is 16.9. The van der Waals surface area contributed by atoms with Crippen LogP contribution in [-0.4, -0.2) is 22.0 Å². The van der Waals surface area contributed by atoms with Gasteiger partial charge in [-0.3, -0.25) is 5.32 Å². The molecular weight excluding hydrogens is 428 g/mol. The van der Waals surface area contributed by atoms with Gasteiger partial charge in [0.2, 0.25) is 11.7 Å². The molecule has 1 atom stereocenters. The molecule has 3 heterocycles. The molecule has 33 heavy (non-hydrogen) atoms. The third-order valence-electron chi connectivity index (χ3n) is 4.78. The number of aromatic carboxylic acids is 1. The van der Waals surface area contributed by atoms with Crippen LogP contribution in [0.5, 0.6) is 5.75 Å².